The van der Waals surface area contributed by atoms with Crippen LogP contribution in [0, 0.1) is 0 Å². The van der Waals surface area contributed by atoms with Gasteiger partial charge in [0.25, 0.3) is 0 Å². The van der Waals surface area contributed by atoms with Crippen LogP contribution in [0.15, 0.2) is 0 Å². The second kappa shape index (κ2) is 7.13. The van der Waals surface area contributed by atoms with Gasteiger partial charge in [-0.15, -0.1) is 0 Å². The third-order valence-corrected chi connectivity index (χ3v) is 6.83. The second-order valence-corrected chi connectivity index (χ2v) is 9.69. The van der Waals surface area contributed by atoms with Crippen LogP contribution in [0.3, 0.4) is 0 Å². The molecule has 144 valence electrons. The molecule has 2 saturated heterocycles. The first-order chi connectivity index (χ1) is 11.7. The van der Waals surface area contributed by atoms with E-state index in [1.807, 2.05) is 4.90 Å². The van der Waals surface area contributed by atoms with Crippen molar-refractivity contribution in [1.29, 1.82) is 0 Å². The van der Waals surface area contributed by atoms with Gasteiger partial charge in [-0.3, -0.25) is 4.79 Å². The summed E-state index contributed by atoms with van der Waals surface area (Å²) >= 11 is 0. The number of rotatable bonds is 5. The molecule has 1 saturated carbocycles. The van der Waals surface area contributed by atoms with E-state index >= 15 is 0 Å². The summed E-state index contributed by atoms with van der Waals surface area (Å²) in [5.74, 6) is 0.165. The molecular weight excluding hydrogens is 344 g/mol. The molecule has 0 bridgehead atoms. The molecule has 3 fully saturated rings. The lowest BCUT2D eigenvalue weighted by Gasteiger charge is -2.47. The Labute approximate surface area is 150 Å². The first-order valence-electron chi connectivity index (χ1n) is 9.19. The smallest absolute Gasteiger partial charge is 0.225 e. The maximum Gasteiger partial charge on any atom is 0.225 e. The summed E-state index contributed by atoms with van der Waals surface area (Å²) in [7, 11) is -1.51. The molecule has 3 rings (SSSR count). The number of carbonyl (C=O) groups excluding carboxylic acids is 1. The third-order valence-electron chi connectivity index (χ3n) is 6.07. The summed E-state index contributed by atoms with van der Waals surface area (Å²) in [6, 6.07) is -0.0715. The fourth-order valence-corrected chi connectivity index (χ4v) is 5.16. The van der Waals surface area contributed by atoms with E-state index in [9.17, 15) is 13.2 Å². The van der Waals surface area contributed by atoms with Crippen molar-refractivity contribution in [2.24, 2.45) is 0 Å². The van der Waals surface area contributed by atoms with Gasteiger partial charge in [0.05, 0.1) is 23.9 Å². The molecule has 1 N–H and O–H groups in total. The van der Waals surface area contributed by atoms with Crippen LogP contribution in [0.5, 0.6) is 0 Å². The van der Waals surface area contributed by atoms with E-state index in [1.165, 1.54) is 6.26 Å². The molecule has 3 aliphatic rings. The Balaban J connectivity index is 1.53. The lowest BCUT2D eigenvalue weighted by atomic mass is 9.77. The minimum atomic E-state index is -3.21. The minimum Gasteiger partial charge on any atom is -0.378 e. The van der Waals surface area contributed by atoms with E-state index in [-0.39, 0.29) is 23.2 Å². The number of nitrogens with zero attached hydrogens (tertiary/aromatic N) is 1. The maximum atomic E-state index is 12.6. The molecular formula is C17H30N2O5S. The van der Waals surface area contributed by atoms with Crippen LogP contribution in [-0.2, 0) is 24.3 Å². The Kier molecular flexibility index (Phi) is 5.44. The fourth-order valence-electron chi connectivity index (χ4n) is 4.35. The zero-order valence-corrected chi connectivity index (χ0v) is 16.1. The summed E-state index contributed by atoms with van der Waals surface area (Å²) < 4.78 is 37.3. The molecule has 1 aliphatic carbocycles. The molecule has 2 heterocycles. The molecule has 1 spiro atoms. The van der Waals surface area contributed by atoms with Crippen molar-refractivity contribution >= 4 is 15.9 Å². The Morgan fingerprint density at radius 2 is 1.96 bits per heavy atom. The number of likely N-dealkylation sites (tertiary alicyclic amines) is 1. The van der Waals surface area contributed by atoms with Crippen LogP contribution in [0.1, 0.15) is 51.4 Å². The van der Waals surface area contributed by atoms with E-state index in [1.54, 1.807) is 7.11 Å². The number of hydrogen-bond acceptors (Lipinski definition) is 5. The van der Waals surface area contributed by atoms with E-state index in [4.69, 9.17) is 9.47 Å². The summed E-state index contributed by atoms with van der Waals surface area (Å²) in [5.41, 5.74) is -0.537. The molecule has 0 aromatic rings. The van der Waals surface area contributed by atoms with Gasteiger partial charge in [-0.05, 0) is 44.9 Å². The number of piperidine rings is 1. The quantitative estimate of drug-likeness (QED) is 0.777. The van der Waals surface area contributed by atoms with Crippen LogP contribution in [0.2, 0.25) is 0 Å². The molecule has 1 unspecified atom stereocenters. The first-order valence-corrected chi connectivity index (χ1v) is 11.1. The zero-order valence-electron chi connectivity index (χ0n) is 15.3. The Morgan fingerprint density at radius 3 is 2.48 bits per heavy atom. The van der Waals surface area contributed by atoms with Crippen molar-refractivity contribution in [3.63, 3.8) is 0 Å². The van der Waals surface area contributed by atoms with Gasteiger partial charge in [0.1, 0.15) is 0 Å². The highest BCUT2D eigenvalue weighted by molar-refractivity contribution is 7.88. The lowest BCUT2D eigenvalue weighted by molar-refractivity contribution is -0.153. The summed E-state index contributed by atoms with van der Waals surface area (Å²) in [6.45, 7) is 1.91. The van der Waals surface area contributed by atoms with Gasteiger partial charge in [0.2, 0.25) is 15.9 Å². The van der Waals surface area contributed by atoms with E-state index < -0.39 is 10.0 Å². The van der Waals surface area contributed by atoms with Gasteiger partial charge >= 0.3 is 0 Å². The Bertz CT molecular complexity index is 589. The van der Waals surface area contributed by atoms with Crippen molar-refractivity contribution in [3.05, 3.63) is 0 Å². The predicted molar refractivity (Wildman–Crippen MR) is 93.7 cm³/mol. The van der Waals surface area contributed by atoms with Gasteiger partial charge in [0, 0.05) is 32.8 Å². The van der Waals surface area contributed by atoms with Gasteiger partial charge in [0.15, 0.2) is 0 Å². The van der Waals surface area contributed by atoms with E-state index in [0.29, 0.717) is 39.0 Å². The van der Waals surface area contributed by atoms with Crippen molar-refractivity contribution < 1.29 is 22.7 Å². The molecule has 7 nitrogen and oxygen atoms in total. The zero-order chi connectivity index (χ0) is 18.1. The van der Waals surface area contributed by atoms with Crippen LogP contribution in [0.25, 0.3) is 0 Å². The number of carbonyl (C=O) groups is 1. The monoisotopic (exact) mass is 374 g/mol. The number of sulfonamides is 1. The summed E-state index contributed by atoms with van der Waals surface area (Å²) in [4.78, 5) is 14.5. The first kappa shape index (κ1) is 19.1. The molecule has 25 heavy (non-hydrogen) atoms. The van der Waals surface area contributed by atoms with Crippen LogP contribution in [-0.4, -0.2) is 69.5 Å². The average molecular weight is 375 g/mol. The molecule has 1 atom stereocenters. The number of ether oxygens (including phenoxy) is 2. The van der Waals surface area contributed by atoms with Crippen LogP contribution < -0.4 is 4.72 Å². The van der Waals surface area contributed by atoms with E-state index in [2.05, 4.69) is 4.72 Å². The highest BCUT2D eigenvalue weighted by Gasteiger charge is 2.44. The van der Waals surface area contributed by atoms with Crippen LogP contribution >= 0.6 is 0 Å². The highest BCUT2D eigenvalue weighted by Crippen LogP contribution is 2.40. The maximum absolute atomic E-state index is 12.6. The minimum absolute atomic E-state index is 0.0715. The molecule has 2 aliphatic heterocycles. The largest absolute Gasteiger partial charge is 0.378 e. The topological polar surface area (TPSA) is 84.9 Å². The molecule has 0 radical (unpaired) electrons. The SMILES string of the molecule is COC1(CC(=O)N2CCC3(CC2)CC(NS(C)(=O)=O)CCO3)CCC1. The Hall–Kier alpha value is -0.700. The van der Waals surface area contributed by atoms with Crippen molar-refractivity contribution in [2.45, 2.75) is 68.6 Å². The lowest BCUT2D eigenvalue weighted by Crippen LogP contribution is -2.55. The Morgan fingerprint density at radius 1 is 1.28 bits per heavy atom. The van der Waals surface area contributed by atoms with Gasteiger partial charge in [-0.2, -0.15) is 0 Å². The standard InChI is InChI=1S/C17H30N2O5S/c1-23-16(5-3-6-16)13-15(20)19-9-7-17(8-10-19)12-14(4-11-24-17)18-25(2,21)22/h14,18H,3-13H2,1-2H3. The molecule has 1 amide bonds. The predicted octanol–water partition coefficient (Wildman–Crippen LogP) is 1.04. The van der Waals surface area contributed by atoms with E-state index in [0.717, 1.165) is 32.1 Å². The highest BCUT2D eigenvalue weighted by atomic mass is 32.2. The summed E-state index contributed by atoms with van der Waals surface area (Å²) in [6.07, 6.45) is 7.65. The normalized spacial score (nSPS) is 28.6. The van der Waals surface area contributed by atoms with Crippen LogP contribution in [0.4, 0.5) is 0 Å². The number of amides is 1. The van der Waals surface area contributed by atoms with Crippen molar-refractivity contribution in [3.8, 4) is 0 Å². The summed E-state index contributed by atoms with van der Waals surface area (Å²) in [5, 5.41) is 0. The fraction of sp³-hybridized carbons (Fsp3) is 0.941. The molecule has 0 aromatic heterocycles. The number of hydrogen-bond donors (Lipinski definition) is 1. The average Bonchev–Trinajstić information content (AvgIpc) is 2.50. The van der Waals surface area contributed by atoms with Crippen molar-refractivity contribution in [1.82, 2.24) is 9.62 Å². The van der Waals surface area contributed by atoms with Gasteiger partial charge in [-0.25, -0.2) is 13.1 Å². The number of nitrogens with one attached hydrogen (secondary N) is 1. The molecule has 8 heteroatoms. The molecule has 0 aromatic carbocycles. The third kappa shape index (κ3) is 4.53. The second-order valence-electron chi connectivity index (χ2n) is 7.91. The van der Waals surface area contributed by atoms with Gasteiger partial charge in [-0.1, -0.05) is 0 Å². The number of methoxy groups -OCH3 is 1. The van der Waals surface area contributed by atoms with Gasteiger partial charge < -0.3 is 14.4 Å². The van der Waals surface area contributed by atoms with Crippen molar-refractivity contribution in [2.75, 3.05) is 33.1 Å².